The third kappa shape index (κ3) is 6.10. The largest absolute Gasteiger partial charge is 0.497 e. The molecule has 0 spiro atoms. The molecule has 8 heteroatoms. The second-order valence-corrected chi connectivity index (χ2v) is 11.6. The molecule has 3 aromatic rings. The van der Waals surface area contributed by atoms with Gasteiger partial charge in [-0.1, -0.05) is 0 Å². The summed E-state index contributed by atoms with van der Waals surface area (Å²) in [5.41, 5.74) is 1.62. The summed E-state index contributed by atoms with van der Waals surface area (Å²) in [7, 11) is 1.62. The van der Waals surface area contributed by atoms with E-state index in [1.165, 1.54) is 9.09 Å². The monoisotopic (exact) mass is 500 g/mol. The topological polar surface area (TPSA) is 82.9 Å². The summed E-state index contributed by atoms with van der Waals surface area (Å²) in [6.45, 7) is 4.49. The number of thioether (sulfide) groups is 1. The number of fused-ring (bicyclic) bond motifs is 1. The number of thiophene rings is 1. The number of benzene rings is 1. The highest BCUT2D eigenvalue weighted by Crippen LogP contribution is 2.34. The van der Waals surface area contributed by atoms with Gasteiger partial charge in [0, 0.05) is 35.3 Å². The lowest BCUT2D eigenvalue weighted by Gasteiger charge is -2.36. The number of hydrogen-bond donors (Lipinski definition) is 2. The molecule has 0 saturated carbocycles. The summed E-state index contributed by atoms with van der Waals surface area (Å²) in [5.74, 6) is 0.626. The van der Waals surface area contributed by atoms with Gasteiger partial charge in [0.15, 0.2) is 0 Å². The van der Waals surface area contributed by atoms with Gasteiger partial charge in [0.05, 0.1) is 28.9 Å². The molecular weight excluding hydrogens is 468 g/mol. The highest BCUT2D eigenvalue weighted by molar-refractivity contribution is 8.01. The molecule has 3 heterocycles. The number of aromatic nitrogens is 1. The summed E-state index contributed by atoms with van der Waals surface area (Å²) in [4.78, 5) is 20.0. The quantitative estimate of drug-likeness (QED) is 0.368. The van der Waals surface area contributed by atoms with E-state index in [0.717, 1.165) is 47.5 Å². The van der Waals surface area contributed by atoms with Crippen molar-refractivity contribution in [2.45, 2.75) is 36.5 Å². The Morgan fingerprint density at radius 1 is 1.32 bits per heavy atom. The van der Waals surface area contributed by atoms with Gasteiger partial charge < -0.3 is 19.8 Å². The molecule has 0 radical (unpaired) electrons. The van der Waals surface area contributed by atoms with E-state index in [2.05, 4.69) is 28.9 Å². The molecule has 1 fully saturated rings. The number of carboxylic acids is 1. The SMILES string of the molecule is COc1ccc2nccc([C@H](O)CC[C@@H]3CCN(CCSc4ccc(C)s4)C[C@@H]3C(=O)O)c2c1. The molecule has 0 aliphatic carbocycles. The number of piperidine rings is 1. The number of carboxylic acid groups (broad SMARTS) is 1. The number of nitrogens with zero attached hydrogens (tertiary/aromatic N) is 2. The fourth-order valence-electron chi connectivity index (χ4n) is 4.75. The standard InChI is InChI=1S/C26H32N2O4S2/c1-17-3-8-25(34-17)33-14-13-28-12-10-18(22(16-28)26(30)31)4-7-24(29)20-9-11-27-23-6-5-19(32-2)15-21(20)23/h3,5-6,8-9,11,15,18,22,24,29H,4,7,10,12-14,16H2,1-2H3,(H,30,31)/t18-,22+,24-/m1/s1. The normalized spacial score (nSPS) is 19.9. The Morgan fingerprint density at radius 3 is 2.91 bits per heavy atom. The molecule has 1 aliphatic rings. The van der Waals surface area contributed by atoms with Crippen molar-refractivity contribution < 1.29 is 19.7 Å². The third-order valence-corrected chi connectivity index (χ3v) is 8.88. The maximum atomic E-state index is 12.1. The number of aryl methyl sites for hydroxylation is 1. The zero-order chi connectivity index (χ0) is 24.1. The predicted molar refractivity (Wildman–Crippen MR) is 138 cm³/mol. The Labute approximate surface area is 209 Å². The molecule has 0 amide bonds. The van der Waals surface area contributed by atoms with Crippen molar-refractivity contribution in [3.8, 4) is 5.75 Å². The van der Waals surface area contributed by atoms with E-state index in [-0.39, 0.29) is 5.92 Å². The Morgan fingerprint density at radius 2 is 2.18 bits per heavy atom. The van der Waals surface area contributed by atoms with Crippen LogP contribution in [0.1, 0.15) is 35.8 Å². The number of aliphatic hydroxyl groups is 1. The Hall–Kier alpha value is -2.13. The minimum absolute atomic E-state index is 0.0682. The molecule has 1 saturated heterocycles. The van der Waals surface area contributed by atoms with E-state index in [4.69, 9.17) is 4.74 Å². The average Bonchev–Trinajstić information content (AvgIpc) is 3.26. The molecule has 1 aliphatic heterocycles. The van der Waals surface area contributed by atoms with Crippen LogP contribution in [0, 0.1) is 18.8 Å². The number of ether oxygens (including phenoxy) is 1. The molecule has 4 rings (SSSR count). The first kappa shape index (κ1) is 25.0. The number of pyridine rings is 1. The zero-order valence-corrected chi connectivity index (χ0v) is 21.3. The molecule has 182 valence electrons. The van der Waals surface area contributed by atoms with Crippen LogP contribution in [0.2, 0.25) is 0 Å². The van der Waals surface area contributed by atoms with Crippen molar-refractivity contribution >= 4 is 40.0 Å². The summed E-state index contributed by atoms with van der Waals surface area (Å²) in [5, 5.41) is 21.8. The van der Waals surface area contributed by atoms with E-state index in [1.54, 1.807) is 24.6 Å². The Bertz CT molecular complexity index is 1120. The molecule has 2 aromatic heterocycles. The van der Waals surface area contributed by atoms with Crippen LogP contribution >= 0.6 is 23.1 Å². The predicted octanol–water partition coefficient (Wildman–Crippen LogP) is 5.24. The third-order valence-electron chi connectivity index (χ3n) is 6.68. The molecule has 0 unspecified atom stereocenters. The van der Waals surface area contributed by atoms with Crippen LogP contribution in [0.25, 0.3) is 10.9 Å². The van der Waals surface area contributed by atoms with Crippen LogP contribution in [0.5, 0.6) is 5.75 Å². The Balaban J connectivity index is 1.33. The van der Waals surface area contributed by atoms with Crippen molar-refractivity contribution in [1.82, 2.24) is 9.88 Å². The number of aliphatic carboxylic acids is 1. The van der Waals surface area contributed by atoms with Gasteiger partial charge in [-0.05, 0) is 80.6 Å². The van der Waals surface area contributed by atoms with Crippen LogP contribution in [0.4, 0.5) is 0 Å². The molecule has 2 N–H and O–H groups in total. The lowest BCUT2D eigenvalue weighted by Crippen LogP contribution is -2.44. The molecule has 3 atom stereocenters. The van der Waals surface area contributed by atoms with Crippen molar-refractivity contribution in [3.05, 3.63) is 53.0 Å². The second-order valence-electron chi connectivity index (χ2n) is 8.88. The van der Waals surface area contributed by atoms with E-state index in [1.807, 2.05) is 36.0 Å². The number of hydrogen-bond acceptors (Lipinski definition) is 7. The summed E-state index contributed by atoms with van der Waals surface area (Å²) in [6, 6.07) is 11.8. The van der Waals surface area contributed by atoms with E-state index < -0.39 is 18.0 Å². The first-order valence-corrected chi connectivity index (χ1v) is 13.5. The van der Waals surface area contributed by atoms with Crippen molar-refractivity contribution in [1.29, 1.82) is 0 Å². The van der Waals surface area contributed by atoms with Crippen LogP contribution in [0.15, 0.2) is 46.8 Å². The minimum atomic E-state index is -0.732. The van der Waals surface area contributed by atoms with Gasteiger partial charge in [-0.25, -0.2) is 0 Å². The first-order valence-electron chi connectivity index (χ1n) is 11.7. The van der Waals surface area contributed by atoms with Gasteiger partial charge in [-0.15, -0.1) is 23.1 Å². The Kier molecular flexibility index (Phi) is 8.47. The molecule has 0 bridgehead atoms. The zero-order valence-electron chi connectivity index (χ0n) is 19.6. The van der Waals surface area contributed by atoms with Gasteiger partial charge in [-0.3, -0.25) is 9.78 Å². The number of rotatable bonds is 10. The van der Waals surface area contributed by atoms with E-state index in [0.29, 0.717) is 19.4 Å². The van der Waals surface area contributed by atoms with Gasteiger partial charge in [0.2, 0.25) is 0 Å². The van der Waals surface area contributed by atoms with Crippen molar-refractivity contribution in [2.24, 2.45) is 11.8 Å². The van der Waals surface area contributed by atoms with Gasteiger partial charge in [0.25, 0.3) is 0 Å². The highest BCUT2D eigenvalue weighted by atomic mass is 32.2. The number of carbonyl (C=O) groups is 1. The second kappa shape index (κ2) is 11.5. The fraction of sp³-hybridized carbons (Fsp3) is 0.462. The molecular formula is C26H32N2O4S2. The fourth-order valence-corrected chi connectivity index (χ4v) is 6.94. The maximum absolute atomic E-state index is 12.1. The average molecular weight is 501 g/mol. The number of aliphatic hydroxyl groups excluding tert-OH is 1. The van der Waals surface area contributed by atoms with Crippen LogP contribution in [0.3, 0.4) is 0 Å². The number of methoxy groups -OCH3 is 1. The lowest BCUT2D eigenvalue weighted by atomic mass is 9.81. The van der Waals surface area contributed by atoms with E-state index >= 15 is 0 Å². The summed E-state index contributed by atoms with van der Waals surface area (Å²) >= 11 is 3.65. The van der Waals surface area contributed by atoms with E-state index in [9.17, 15) is 15.0 Å². The summed E-state index contributed by atoms with van der Waals surface area (Å²) < 4.78 is 6.65. The van der Waals surface area contributed by atoms with Crippen LogP contribution < -0.4 is 4.74 Å². The van der Waals surface area contributed by atoms with Gasteiger partial charge >= 0.3 is 5.97 Å². The molecule has 6 nitrogen and oxygen atoms in total. The molecule has 34 heavy (non-hydrogen) atoms. The maximum Gasteiger partial charge on any atom is 0.308 e. The van der Waals surface area contributed by atoms with Gasteiger partial charge in [0.1, 0.15) is 5.75 Å². The number of likely N-dealkylation sites (tertiary alicyclic amines) is 1. The highest BCUT2D eigenvalue weighted by Gasteiger charge is 2.34. The van der Waals surface area contributed by atoms with Crippen LogP contribution in [-0.4, -0.2) is 58.6 Å². The van der Waals surface area contributed by atoms with Crippen molar-refractivity contribution in [2.75, 3.05) is 32.5 Å². The lowest BCUT2D eigenvalue weighted by molar-refractivity contribution is -0.146. The summed E-state index contributed by atoms with van der Waals surface area (Å²) in [6.07, 6.45) is 3.09. The molecule has 1 aromatic carbocycles. The smallest absolute Gasteiger partial charge is 0.308 e. The first-order chi connectivity index (χ1) is 16.4. The van der Waals surface area contributed by atoms with Crippen molar-refractivity contribution in [3.63, 3.8) is 0 Å². The minimum Gasteiger partial charge on any atom is -0.497 e. The van der Waals surface area contributed by atoms with Gasteiger partial charge in [-0.2, -0.15) is 0 Å². The van der Waals surface area contributed by atoms with Crippen LogP contribution in [-0.2, 0) is 4.79 Å².